The molecule has 2 unspecified atom stereocenters. The zero-order valence-corrected chi connectivity index (χ0v) is 36.9. The van der Waals surface area contributed by atoms with Crippen molar-refractivity contribution in [1.82, 2.24) is 19.4 Å². The van der Waals surface area contributed by atoms with Gasteiger partial charge >= 0.3 is 0 Å². The molecule has 0 bridgehead atoms. The van der Waals surface area contributed by atoms with Crippen molar-refractivity contribution in [2.45, 2.75) is 72.4 Å². The number of ether oxygens (including phenoxy) is 1. The van der Waals surface area contributed by atoms with Crippen molar-refractivity contribution < 1.29 is 14.3 Å². The number of anilines is 1. The molecule has 2 aliphatic carbocycles. The number of hydrogen-bond acceptors (Lipinski definition) is 7. The van der Waals surface area contributed by atoms with Crippen LogP contribution in [-0.4, -0.2) is 104 Å². The minimum atomic E-state index is -0.155. The lowest BCUT2D eigenvalue weighted by Crippen LogP contribution is -2.45. The van der Waals surface area contributed by atoms with Gasteiger partial charge in [-0.1, -0.05) is 53.1 Å². The lowest BCUT2D eigenvalue weighted by atomic mass is 9.94. The number of benzene rings is 1. The third-order valence-corrected chi connectivity index (χ3v) is 12.8. The fraction of sp³-hybridized carbons (Fsp3) is 0.478. The number of amidine groups is 1. The van der Waals surface area contributed by atoms with Gasteiger partial charge in [-0.25, -0.2) is 4.99 Å². The predicted octanol–water partition coefficient (Wildman–Crippen LogP) is 8.51. The number of likely N-dealkylation sites (N-methyl/N-ethyl adjacent to an activating group) is 1. The molecular formula is C46H59Cl2N7O3. The molecule has 10 nitrogen and oxygen atoms in total. The van der Waals surface area contributed by atoms with Gasteiger partial charge < -0.3 is 28.9 Å². The Morgan fingerprint density at radius 3 is 2.59 bits per heavy atom. The van der Waals surface area contributed by atoms with E-state index in [1.54, 1.807) is 7.05 Å². The van der Waals surface area contributed by atoms with Gasteiger partial charge in [0.15, 0.2) is 6.29 Å². The van der Waals surface area contributed by atoms with Crippen LogP contribution >= 0.6 is 23.2 Å². The van der Waals surface area contributed by atoms with Crippen LogP contribution in [0.5, 0.6) is 0 Å². The first-order valence-electron chi connectivity index (χ1n) is 20.5. The number of fused-ring (bicyclic) bond motifs is 2. The second kappa shape index (κ2) is 19.3. The second-order valence-electron chi connectivity index (χ2n) is 16.0. The Kier molecular flexibility index (Phi) is 14.5. The summed E-state index contributed by atoms with van der Waals surface area (Å²) in [4.78, 5) is 39.6. The minimum absolute atomic E-state index is 0.0287. The number of nitrogens with zero attached hydrogens (tertiary/aromatic N) is 6. The molecule has 3 aromatic rings. The summed E-state index contributed by atoms with van der Waals surface area (Å²) in [6.45, 7) is 15.8. The average molecular weight is 829 g/mol. The van der Waals surface area contributed by atoms with E-state index in [2.05, 4.69) is 74.6 Å². The lowest BCUT2D eigenvalue weighted by molar-refractivity contribution is -0.109. The number of rotatable bonds is 15. The standard InChI is InChI=1S/C46H59Cl2N7O3/c1-9-35(32(5)51-43(49-6)26-54-18-16-50-17-19-54)44-39(47)14-13-37-36(11-10-20-58-34-21-29(2)45(48)30(3)22-34)42(28-57)55(46(37)44)31(4)24-52(7)41-25-53(8)40-15-12-33(27-56)23-38(40)41/h9,12-15,21,25,27-28,31,33-34,50H,10-11,16-20,22-24,26H2,1-8H3/b35-9-,49-43?,51-32?/t31-,33?,34?/m1/s1. The quantitative estimate of drug-likeness (QED) is 0.0715. The van der Waals surface area contributed by atoms with E-state index in [1.165, 1.54) is 0 Å². The van der Waals surface area contributed by atoms with Gasteiger partial charge in [0.25, 0.3) is 0 Å². The highest BCUT2D eigenvalue weighted by atomic mass is 35.5. The largest absolute Gasteiger partial charge is 0.374 e. The number of nitrogens with one attached hydrogen (secondary N) is 1. The average Bonchev–Trinajstić information content (AvgIpc) is 3.72. The van der Waals surface area contributed by atoms with Crippen molar-refractivity contribution in [1.29, 1.82) is 0 Å². The molecule has 1 saturated heterocycles. The van der Waals surface area contributed by atoms with Crippen LogP contribution < -0.4 is 10.2 Å². The molecule has 1 aliphatic heterocycles. The van der Waals surface area contributed by atoms with Gasteiger partial charge in [0, 0.05) is 117 Å². The fourth-order valence-corrected chi connectivity index (χ4v) is 9.33. The van der Waals surface area contributed by atoms with Gasteiger partial charge in [0.1, 0.15) is 12.1 Å². The molecule has 310 valence electrons. The van der Waals surface area contributed by atoms with Gasteiger partial charge in [-0.05, 0) is 83.6 Å². The monoisotopic (exact) mass is 827 g/mol. The van der Waals surface area contributed by atoms with Gasteiger partial charge in [0.2, 0.25) is 0 Å². The molecular weight excluding hydrogens is 769 g/mol. The molecule has 1 aromatic carbocycles. The summed E-state index contributed by atoms with van der Waals surface area (Å²) >= 11 is 13.7. The summed E-state index contributed by atoms with van der Waals surface area (Å²) in [5, 5.41) is 5.82. The molecule has 6 rings (SSSR count). The van der Waals surface area contributed by atoms with Crippen molar-refractivity contribution in [2.24, 2.45) is 23.0 Å². The Bertz CT molecular complexity index is 2220. The molecule has 0 amide bonds. The van der Waals surface area contributed by atoms with Crippen LogP contribution in [0.15, 0.2) is 62.7 Å². The zero-order valence-electron chi connectivity index (χ0n) is 35.4. The van der Waals surface area contributed by atoms with Crippen molar-refractivity contribution >= 4 is 75.6 Å². The van der Waals surface area contributed by atoms with Gasteiger partial charge in [-0.3, -0.25) is 14.7 Å². The third kappa shape index (κ3) is 9.21. The second-order valence-corrected chi connectivity index (χ2v) is 16.8. The molecule has 58 heavy (non-hydrogen) atoms. The maximum absolute atomic E-state index is 13.4. The Labute approximate surface area is 354 Å². The fourth-order valence-electron chi connectivity index (χ4n) is 8.93. The van der Waals surface area contributed by atoms with Crippen LogP contribution in [0.4, 0.5) is 5.69 Å². The highest BCUT2D eigenvalue weighted by Gasteiger charge is 2.28. The maximum Gasteiger partial charge on any atom is 0.166 e. The summed E-state index contributed by atoms with van der Waals surface area (Å²) in [5.41, 5.74) is 10.6. The SMILES string of the molecule is C/C=C(/C(C)=NC(CN1CCNCC1)=NC)c1c(Cl)ccc2c(CCCOC3C=C(C)C(Cl)=C(C)C3)c(C=O)n([C@H](C)CN(C)c3cn(C)c4c3CC(C=O)C=C4)c12. The van der Waals surface area contributed by atoms with E-state index in [-0.39, 0.29) is 18.1 Å². The Hall–Kier alpha value is -4.06. The normalized spacial score (nSPS) is 20.1. The molecule has 2 aromatic heterocycles. The van der Waals surface area contributed by atoms with Crippen LogP contribution in [0.25, 0.3) is 22.6 Å². The number of aldehydes is 2. The highest BCUT2D eigenvalue weighted by molar-refractivity contribution is 6.38. The summed E-state index contributed by atoms with van der Waals surface area (Å²) in [5.74, 6) is 0.608. The molecule has 1 fully saturated rings. The van der Waals surface area contributed by atoms with E-state index >= 15 is 0 Å². The molecule has 12 heteroatoms. The predicted molar refractivity (Wildman–Crippen MR) is 242 cm³/mol. The van der Waals surface area contributed by atoms with E-state index in [0.29, 0.717) is 43.3 Å². The molecule has 0 saturated carbocycles. The number of allylic oxidation sites excluding steroid dienone is 5. The number of carbonyl (C=O) groups is 2. The first-order valence-corrected chi connectivity index (χ1v) is 21.3. The van der Waals surface area contributed by atoms with Crippen molar-refractivity contribution in [3.8, 4) is 0 Å². The summed E-state index contributed by atoms with van der Waals surface area (Å²) in [7, 11) is 5.92. The smallest absolute Gasteiger partial charge is 0.166 e. The number of aliphatic imine (C=N–C) groups is 2. The van der Waals surface area contributed by atoms with Crippen LogP contribution in [0, 0.1) is 5.92 Å². The van der Waals surface area contributed by atoms with Crippen LogP contribution in [-0.2, 0) is 29.4 Å². The number of aromatic nitrogens is 2. The Balaban J connectivity index is 1.39. The highest BCUT2D eigenvalue weighted by Crippen LogP contribution is 2.40. The number of hydrogen-bond donors (Lipinski definition) is 1. The van der Waals surface area contributed by atoms with Crippen LogP contribution in [0.2, 0.25) is 5.02 Å². The summed E-state index contributed by atoms with van der Waals surface area (Å²) in [6.07, 6.45) is 15.1. The molecule has 0 spiro atoms. The van der Waals surface area contributed by atoms with E-state index in [0.717, 1.165) is 124 Å². The summed E-state index contributed by atoms with van der Waals surface area (Å²) in [6, 6.07) is 3.85. The molecule has 1 N–H and O–H groups in total. The van der Waals surface area contributed by atoms with Crippen LogP contribution in [0.3, 0.4) is 0 Å². The van der Waals surface area contributed by atoms with E-state index in [4.69, 9.17) is 32.9 Å². The lowest BCUT2D eigenvalue weighted by Gasteiger charge is -2.28. The van der Waals surface area contributed by atoms with E-state index in [1.807, 2.05) is 46.0 Å². The number of aryl methyl sites for hydroxylation is 2. The Morgan fingerprint density at radius 2 is 1.91 bits per heavy atom. The first-order chi connectivity index (χ1) is 27.9. The van der Waals surface area contributed by atoms with Gasteiger partial charge in [-0.15, -0.1) is 0 Å². The van der Waals surface area contributed by atoms with E-state index < -0.39 is 0 Å². The number of piperazine rings is 1. The third-order valence-electron chi connectivity index (χ3n) is 11.8. The Morgan fingerprint density at radius 1 is 1.16 bits per heavy atom. The van der Waals surface area contributed by atoms with Crippen molar-refractivity contribution in [3.05, 3.63) is 85.8 Å². The first kappa shape index (κ1) is 43.5. The van der Waals surface area contributed by atoms with Gasteiger partial charge in [-0.2, -0.15) is 0 Å². The van der Waals surface area contributed by atoms with Gasteiger partial charge in [0.05, 0.1) is 34.6 Å². The molecule has 0 radical (unpaired) electrons. The topological polar surface area (TPSA) is 96.5 Å². The van der Waals surface area contributed by atoms with E-state index in [9.17, 15) is 9.59 Å². The minimum Gasteiger partial charge on any atom is -0.374 e. The van der Waals surface area contributed by atoms with Crippen molar-refractivity contribution in [2.75, 3.05) is 64.9 Å². The molecule has 3 heterocycles. The molecule has 3 aliphatic rings. The maximum atomic E-state index is 13.4. The molecule has 3 atom stereocenters. The van der Waals surface area contributed by atoms with Crippen LogP contribution in [0.1, 0.15) is 86.4 Å². The number of halogens is 2. The summed E-state index contributed by atoms with van der Waals surface area (Å²) < 4.78 is 10.7. The van der Waals surface area contributed by atoms with Crippen molar-refractivity contribution in [3.63, 3.8) is 0 Å². The number of carbonyl (C=O) groups excluding carboxylic acids is 2. The zero-order chi connectivity index (χ0) is 41.7.